The van der Waals surface area contributed by atoms with Crippen LogP contribution in [0.1, 0.15) is 27.0 Å². The predicted molar refractivity (Wildman–Crippen MR) is 102 cm³/mol. The van der Waals surface area contributed by atoms with Crippen LogP contribution in [-0.4, -0.2) is 29.3 Å². The van der Waals surface area contributed by atoms with Crippen LogP contribution in [0.25, 0.3) is 0 Å². The minimum absolute atomic E-state index is 0.0365. The lowest BCUT2D eigenvalue weighted by molar-refractivity contribution is 0.0951. The molecule has 5 heteroatoms. The van der Waals surface area contributed by atoms with Gasteiger partial charge in [-0.3, -0.25) is 9.48 Å². The van der Waals surface area contributed by atoms with E-state index in [-0.39, 0.29) is 5.91 Å². The first-order valence-electron chi connectivity index (χ1n) is 8.86. The maximum Gasteiger partial charge on any atom is 0.251 e. The zero-order chi connectivity index (χ0) is 17.9. The highest BCUT2D eigenvalue weighted by atomic mass is 16.1. The standard InChI is InChI=1S/C21H22N4O/c1-24-11-8-18-6-7-19(13-20(18)24)21(26)22-14-16-4-2-5-17(12-16)15-25-10-3-9-23-25/h2-7,9-10,12-13H,8,11,14-15H2,1H3,(H,22,26). The van der Waals surface area contributed by atoms with Gasteiger partial charge in [-0.25, -0.2) is 0 Å². The largest absolute Gasteiger partial charge is 0.374 e. The fraction of sp³-hybridized carbons (Fsp3) is 0.238. The molecule has 0 saturated carbocycles. The summed E-state index contributed by atoms with van der Waals surface area (Å²) in [5.41, 5.74) is 5.44. The number of anilines is 1. The number of amides is 1. The molecule has 4 rings (SSSR count). The summed E-state index contributed by atoms with van der Waals surface area (Å²) in [5, 5.41) is 7.26. The summed E-state index contributed by atoms with van der Waals surface area (Å²) in [6.07, 6.45) is 4.77. The Balaban J connectivity index is 1.41. The van der Waals surface area contributed by atoms with Gasteiger partial charge in [0.2, 0.25) is 0 Å². The molecule has 0 saturated heterocycles. The average molecular weight is 346 g/mol. The van der Waals surface area contributed by atoms with Gasteiger partial charge in [0.1, 0.15) is 0 Å². The number of hydrogen-bond donors (Lipinski definition) is 1. The van der Waals surface area contributed by atoms with Crippen molar-refractivity contribution in [3.05, 3.63) is 83.2 Å². The van der Waals surface area contributed by atoms with Crippen molar-refractivity contribution >= 4 is 11.6 Å². The molecule has 1 aliphatic heterocycles. The fourth-order valence-corrected chi connectivity index (χ4v) is 3.38. The molecule has 1 amide bonds. The van der Waals surface area contributed by atoms with Crippen molar-refractivity contribution in [1.82, 2.24) is 15.1 Å². The van der Waals surface area contributed by atoms with Crippen molar-refractivity contribution in [3.8, 4) is 0 Å². The Hall–Kier alpha value is -3.08. The topological polar surface area (TPSA) is 50.2 Å². The van der Waals surface area contributed by atoms with Crippen LogP contribution >= 0.6 is 0 Å². The molecule has 5 nitrogen and oxygen atoms in total. The van der Waals surface area contributed by atoms with Crippen molar-refractivity contribution in [3.63, 3.8) is 0 Å². The molecule has 1 N–H and O–H groups in total. The minimum atomic E-state index is -0.0365. The maximum atomic E-state index is 12.5. The smallest absolute Gasteiger partial charge is 0.251 e. The number of rotatable bonds is 5. The summed E-state index contributed by atoms with van der Waals surface area (Å²) in [6.45, 7) is 2.26. The summed E-state index contributed by atoms with van der Waals surface area (Å²) in [7, 11) is 2.07. The van der Waals surface area contributed by atoms with E-state index in [1.807, 2.05) is 41.2 Å². The summed E-state index contributed by atoms with van der Waals surface area (Å²) < 4.78 is 1.89. The Bertz CT molecular complexity index is 918. The SMILES string of the molecule is CN1CCc2ccc(C(=O)NCc3cccc(Cn4cccn4)c3)cc21. The molecule has 0 bridgehead atoms. The monoisotopic (exact) mass is 346 g/mol. The summed E-state index contributed by atoms with van der Waals surface area (Å²) in [4.78, 5) is 14.7. The lowest BCUT2D eigenvalue weighted by atomic mass is 10.1. The van der Waals surface area contributed by atoms with Crippen LogP contribution in [0.3, 0.4) is 0 Å². The number of nitrogens with one attached hydrogen (secondary N) is 1. The van der Waals surface area contributed by atoms with E-state index in [2.05, 4.69) is 40.6 Å². The van der Waals surface area contributed by atoms with Crippen LogP contribution < -0.4 is 10.2 Å². The van der Waals surface area contributed by atoms with E-state index in [1.165, 1.54) is 16.8 Å². The average Bonchev–Trinajstić information content (AvgIpc) is 3.30. The van der Waals surface area contributed by atoms with Crippen molar-refractivity contribution in [2.45, 2.75) is 19.5 Å². The van der Waals surface area contributed by atoms with Crippen LogP contribution in [0, 0.1) is 0 Å². The molecule has 26 heavy (non-hydrogen) atoms. The fourth-order valence-electron chi connectivity index (χ4n) is 3.38. The lowest BCUT2D eigenvalue weighted by Gasteiger charge is -2.13. The van der Waals surface area contributed by atoms with Gasteiger partial charge in [0.15, 0.2) is 0 Å². The van der Waals surface area contributed by atoms with E-state index in [4.69, 9.17) is 0 Å². The van der Waals surface area contributed by atoms with Crippen LogP contribution in [-0.2, 0) is 19.5 Å². The van der Waals surface area contributed by atoms with Crippen molar-refractivity contribution in [1.29, 1.82) is 0 Å². The molecule has 1 aromatic heterocycles. The lowest BCUT2D eigenvalue weighted by Crippen LogP contribution is -2.23. The van der Waals surface area contributed by atoms with Crippen LogP contribution in [0.15, 0.2) is 60.9 Å². The van der Waals surface area contributed by atoms with E-state index in [9.17, 15) is 4.79 Å². The molecule has 1 aliphatic rings. The van der Waals surface area contributed by atoms with Crippen LogP contribution in [0.4, 0.5) is 5.69 Å². The third-order valence-corrected chi connectivity index (χ3v) is 4.82. The second-order valence-electron chi connectivity index (χ2n) is 6.72. The van der Waals surface area contributed by atoms with Gasteiger partial charge in [-0.15, -0.1) is 0 Å². The van der Waals surface area contributed by atoms with Crippen LogP contribution in [0.5, 0.6) is 0 Å². The van der Waals surface area contributed by atoms with Gasteiger partial charge in [0, 0.05) is 43.8 Å². The van der Waals surface area contributed by atoms with Gasteiger partial charge in [0.05, 0.1) is 6.54 Å². The Morgan fingerprint density at radius 1 is 1.15 bits per heavy atom. The molecule has 0 fully saturated rings. The molecule has 3 aromatic rings. The number of hydrogen-bond acceptors (Lipinski definition) is 3. The summed E-state index contributed by atoms with van der Waals surface area (Å²) >= 11 is 0. The minimum Gasteiger partial charge on any atom is -0.374 e. The number of nitrogens with zero attached hydrogens (tertiary/aromatic N) is 3. The number of carbonyl (C=O) groups is 1. The second kappa shape index (κ2) is 7.04. The van der Waals surface area contributed by atoms with Crippen molar-refractivity contribution in [2.24, 2.45) is 0 Å². The van der Waals surface area contributed by atoms with Gasteiger partial charge in [0.25, 0.3) is 5.91 Å². The van der Waals surface area contributed by atoms with Gasteiger partial charge < -0.3 is 10.2 Å². The molecule has 0 atom stereocenters. The molecular weight excluding hydrogens is 324 g/mol. The van der Waals surface area contributed by atoms with E-state index < -0.39 is 0 Å². The van der Waals surface area contributed by atoms with E-state index in [1.54, 1.807) is 6.20 Å². The van der Waals surface area contributed by atoms with E-state index >= 15 is 0 Å². The highest BCUT2D eigenvalue weighted by molar-refractivity contribution is 5.95. The molecule has 132 valence electrons. The summed E-state index contributed by atoms with van der Waals surface area (Å²) in [6, 6.07) is 16.1. The third-order valence-electron chi connectivity index (χ3n) is 4.82. The number of carbonyl (C=O) groups excluding carboxylic acids is 1. The number of likely N-dealkylation sites (N-methyl/N-ethyl adjacent to an activating group) is 1. The highest BCUT2D eigenvalue weighted by Crippen LogP contribution is 2.27. The quantitative estimate of drug-likeness (QED) is 0.773. The first kappa shape index (κ1) is 16.4. The molecule has 2 heterocycles. The normalized spacial score (nSPS) is 12.9. The van der Waals surface area contributed by atoms with Gasteiger partial charge in [-0.05, 0) is 41.3 Å². The van der Waals surface area contributed by atoms with Gasteiger partial charge in [-0.1, -0.05) is 30.3 Å². The molecule has 0 radical (unpaired) electrons. The molecule has 0 aliphatic carbocycles. The second-order valence-corrected chi connectivity index (χ2v) is 6.72. The Morgan fingerprint density at radius 3 is 2.88 bits per heavy atom. The predicted octanol–water partition coefficient (Wildman–Crippen LogP) is 2.85. The van der Waals surface area contributed by atoms with Crippen LogP contribution in [0.2, 0.25) is 0 Å². The van der Waals surface area contributed by atoms with E-state index in [0.717, 1.165) is 25.1 Å². The van der Waals surface area contributed by atoms with E-state index in [0.29, 0.717) is 12.1 Å². The summed E-state index contributed by atoms with van der Waals surface area (Å²) in [5.74, 6) is -0.0365. The number of aromatic nitrogens is 2. The van der Waals surface area contributed by atoms with Gasteiger partial charge >= 0.3 is 0 Å². The molecule has 0 spiro atoms. The first-order chi connectivity index (χ1) is 12.7. The number of benzene rings is 2. The Morgan fingerprint density at radius 2 is 2.04 bits per heavy atom. The highest BCUT2D eigenvalue weighted by Gasteiger charge is 2.17. The maximum absolute atomic E-state index is 12.5. The first-order valence-corrected chi connectivity index (χ1v) is 8.86. The molecular formula is C21H22N4O. The third kappa shape index (κ3) is 3.47. The van der Waals surface area contributed by atoms with Crippen molar-refractivity contribution < 1.29 is 4.79 Å². The Kier molecular flexibility index (Phi) is 4.44. The zero-order valence-corrected chi connectivity index (χ0v) is 14.9. The molecule has 2 aromatic carbocycles. The molecule has 0 unspecified atom stereocenters. The Labute approximate surface area is 153 Å². The van der Waals surface area contributed by atoms with Gasteiger partial charge in [-0.2, -0.15) is 5.10 Å². The number of fused-ring (bicyclic) bond motifs is 1. The van der Waals surface area contributed by atoms with Crippen molar-refractivity contribution in [2.75, 3.05) is 18.5 Å². The zero-order valence-electron chi connectivity index (χ0n) is 14.9.